The Morgan fingerprint density at radius 2 is 2.16 bits per heavy atom. The first-order valence-corrected chi connectivity index (χ1v) is 6.92. The number of hydrogen-bond acceptors (Lipinski definition) is 2. The normalized spacial score (nSPS) is 11.4. The highest BCUT2D eigenvalue weighted by atomic mass is 79.9. The number of aliphatic carboxylic acids is 1. The van der Waals surface area contributed by atoms with Crippen molar-refractivity contribution < 1.29 is 19.0 Å². The van der Waals surface area contributed by atoms with Gasteiger partial charge >= 0.3 is 5.97 Å². The quantitative estimate of drug-likeness (QED) is 0.604. The molecule has 0 saturated carbocycles. The fourth-order valence-electron chi connectivity index (χ4n) is 1.42. The van der Waals surface area contributed by atoms with Gasteiger partial charge in [-0.05, 0) is 48.7 Å². The predicted octanol–water partition coefficient (Wildman–Crippen LogP) is 4.51. The van der Waals surface area contributed by atoms with Crippen molar-refractivity contribution in [3.8, 4) is 5.75 Å². The van der Waals surface area contributed by atoms with Gasteiger partial charge in [-0.25, -0.2) is 4.39 Å². The van der Waals surface area contributed by atoms with Gasteiger partial charge in [0.05, 0.1) is 21.5 Å². The third kappa shape index (κ3) is 4.66. The van der Waals surface area contributed by atoms with Crippen molar-refractivity contribution in [1.29, 1.82) is 0 Å². The fourth-order valence-corrected chi connectivity index (χ4v) is 2.17. The van der Waals surface area contributed by atoms with Crippen LogP contribution in [0.25, 0.3) is 0 Å². The van der Waals surface area contributed by atoms with E-state index in [1.807, 2.05) is 0 Å². The summed E-state index contributed by atoms with van der Waals surface area (Å²) in [5.74, 6) is -1.04. The summed E-state index contributed by atoms with van der Waals surface area (Å²) in [6, 6.07) is 2.63. The first kappa shape index (κ1) is 16.2. The van der Waals surface area contributed by atoms with E-state index in [-0.39, 0.29) is 5.02 Å². The summed E-state index contributed by atoms with van der Waals surface area (Å²) >= 11 is 8.84. The molecule has 0 aliphatic heterocycles. The summed E-state index contributed by atoms with van der Waals surface area (Å²) in [5, 5.41) is 8.98. The van der Waals surface area contributed by atoms with Crippen LogP contribution in [-0.4, -0.2) is 17.7 Å². The molecule has 0 radical (unpaired) electrons. The fraction of sp³-hybridized carbons (Fsp3) is 0.462. The molecule has 106 valence electrons. The van der Waals surface area contributed by atoms with E-state index in [1.54, 1.807) is 13.8 Å². The van der Waals surface area contributed by atoms with Crippen LogP contribution in [0.1, 0.15) is 26.7 Å². The molecule has 3 nitrogen and oxygen atoms in total. The van der Waals surface area contributed by atoms with E-state index in [4.69, 9.17) is 21.4 Å². The van der Waals surface area contributed by atoms with Crippen molar-refractivity contribution in [1.82, 2.24) is 0 Å². The Hall–Kier alpha value is -0.810. The average molecular weight is 354 g/mol. The molecule has 1 N–H and O–H groups in total. The van der Waals surface area contributed by atoms with Crippen LogP contribution in [0.4, 0.5) is 4.39 Å². The van der Waals surface area contributed by atoms with Gasteiger partial charge in [0.25, 0.3) is 0 Å². The Bertz CT molecular complexity index is 477. The van der Waals surface area contributed by atoms with E-state index >= 15 is 0 Å². The minimum atomic E-state index is -0.841. The molecule has 0 amide bonds. The van der Waals surface area contributed by atoms with E-state index in [2.05, 4.69) is 15.9 Å². The van der Waals surface area contributed by atoms with Crippen LogP contribution in [0.2, 0.25) is 5.02 Å². The molecule has 0 aromatic heterocycles. The summed E-state index contributed by atoms with van der Waals surface area (Å²) in [6.45, 7) is 3.64. The molecule has 6 heteroatoms. The van der Waals surface area contributed by atoms with Crippen LogP contribution in [-0.2, 0) is 4.79 Å². The number of benzene rings is 1. The highest BCUT2D eigenvalue weighted by Gasteiger charge is 2.26. The van der Waals surface area contributed by atoms with Gasteiger partial charge < -0.3 is 9.84 Å². The van der Waals surface area contributed by atoms with Crippen molar-refractivity contribution in [3.63, 3.8) is 0 Å². The standard InChI is InChI=1S/C13H15BrClFO3/c1-13(2,12(17)18)4-3-5-19-11-7-10(16)9(15)6-8(11)14/h6-7H,3-5H2,1-2H3,(H,17,18). The predicted molar refractivity (Wildman–Crippen MR) is 75.3 cm³/mol. The minimum Gasteiger partial charge on any atom is -0.492 e. The maximum absolute atomic E-state index is 13.3. The monoisotopic (exact) mass is 352 g/mol. The lowest BCUT2D eigenvalue weighted by atomic mass is 9.88. The highest BCUT2D eigenvalue weighted by molar-refractivity contribution is 9.10. The molecular formula is C13H15BrClFO3. The second kappa shape index (κ2) is 6.57. The van der Waals surface area contributed by atoms with E-state index < -0.39 is 17.2 Å². The lowest BCUT2D eigenvalue weighted by Gasteiger charge is -2.18. The second-order valence-electron chi connectivity index (χ2n) is 4.84. The molecule has 0 saturated heterocycles. The molecule has 0 aliphatic carbocycles. The summed E-state index contributed by atoms with van der Waals surface area (Å²) in [7, 11) is 0. The highest BCUT2D eigenvalue weighted by Crippen LogP contribution is 2.31. The topological polar surface area (TPSA) is 46.5 Å². The molecular weight excluding hydrogens is 338 g/mol. The van der Waals surface area contributed by atoms with Crippen molar-refractivity contribution in [2.75, 3.05) is 6.61 Å². The molecule has 0 unspecified atom stereocenters. The minimum absolute atomic E-state index is 0.0197. The van der Waals surface area contributed by atoms with Gasteiger partial charge in [0.2, 0.25) is 0 Å². The summed E-state index contributed by atoms with van der Waals surface area (Å²) < 4.78 is 19.2. The van der Waals surface area contributed by atoms with Gasteiger partial charge in [0.15, 0.2) is 0 Å². The molecule has 0 fully saturated rings. The molecule has 0 heterocycles. The van der Waals surface area contributed by atoms with Crippen LogP contribution in [0.3, 0.4) is 0 Å². The van der Waals surface area contributed by atoms with Gasteiger partial charge in [-0.3, -0.25) is 4.79 Å². The van der Waals surface area contributed by atoms with Crippen LogP contribution >= 0.6 is 27.5 Å². The largest absolute Gasteiger partial charge is 0.492 e. The number of carboxylic acids is 1. The number of rotatable bonds is 6. The van der Waals surface area contributed by atoms with Gasteiger partial charge in [-0.15, -0.1) is 0 Å². The molecule has 0 aliphatic rings. The maximum atomic E-state index is 13.3. The maximum Gasteiger partial charge on any atom is 0.309 e. The first-order valence-electron chi connectivity index (χ1n) is 5.75. The lowest BCUT2D eigenvalue weighted by Crippen LogP contribution is -2.24. The number of carbonyl (C=O) groups is 1. The molecule has 0 spiro atoms. The molecule has 1 rings (SSSR count). The van der Waals surface area contributed by atoms with Crippen molar-refractivity contribution >= 4 is 33.5 Å². The third-order valence-corrected chi connectivity index (χ3v) is 3.67. The van der Waals surface area contributed by atoms with E-state index in [0.717, 1.165) is 0 Å². The molecule has 0 atom stereocenters. The molecule has 19 heavy (non-hydrogen) atoms. The third-order valence-electron chi connectivity index (χ3n) is 2.76. The number of hydrogen-bond donors (Lipinski definition) is 1. The number of halogens is 3. The first-order chi connectivity index (χ1) is 8.74. The van der Waals surface area contributed by atoms with Crippen LogP contribution in [0.5, 0.6) is 5.75 Å². The Morgan fingerprint density at radius 1 is 1.53 bits per heavy atom. The number of ether oxygens (including phenoxy) is 1. The van der Waals surface area contributed by atoms with E-state index in [9.17, 15) is 9.18 Å². The zero-order valence-corrected chi connectivity index (χ0v) is 13.0. The van der Waals surface area contributed by atoms with Gasteiger partial charge in [-0.1, -0.05) is 11.6 Å². The van der Waals surface area contributed by atoms with Crippen molar-refractivity contribution in [2.45, 2.75) is 26.7 Å². The van der Waals surface area contributed by atoms with Gasteiger partial charge in [-0.2, -0.15) is 0 Å². The van der Waals surface area contributed by atoms with E-state index in [0.29, 0.717) is 29.7 Å². The Balaban J connectivity index is 2.51. The second-order valence-corrected chi connectivity index (χ2v) is 6.10. The average Bonchev–Trinajstić information content (AvgIpc) is 2.30. The Kier molecular flexibility index (Phi) is 5.62. The van der Waals surface area contributed by atoms with Crippen LogP contribution in [0.15, 0.2) is 16.6 Å². The zero-order valence-electron chi connectivity index (χ0n) is 10.7. The van der Waals surface area contributed by atoms with Crippen LogP contribution in [0, 0.1) is 11.2 Å². The summed E-state index contributed by atoms with van der Waals surface area (Å²) in [6.07, 6.45) is 1.05. The Labute approximate surface area is 124 Å². The molecule has 0 bridgehead atoms. The van der Waals surface area contributed by atoms with Gasteiger partial charge in [0.1, 0.15) is 11.6 Å². The van der Waals surface area contributed by atoms with Crippen molar-refractivity contribution in [2.24, 2.45) is 5.41 Å². The van der Waals surface area contributed by atoms with Crippen LogP contribution < -0.4 is 4.74 Å². The zero-order chi connectivity index (χ0) is 14.6. The molecule has 1 aromatic carbocycles. The van der Waals surface area contributed by atoms with Crippen molar-refractivity contribution in [3.05, 3.63) is 27.4 Å². The SMILES string of the molecule is CC(C)(CCCOc1cc(F)c(Cl)cc1Br)C(=O)O. The van der Waals surface area contributed by atoms with Gasteiger partial charge in [0, 0.05) is 6.07 Å². The number of carboxylic acid groups (broad SMARTS) is 1. The summed E-state index contributed by atoms with van der Waals surface area (Å²) in [5.41, 5.74) is -0.786. The Morgan fingerprint density at radius 3 is 2.74 bits per heavy atom. The smallest absolute Gasteiger partial charge is 0.309 e. The lowest BCUT2D eigenvalue weighted by molar-refractivity contribution is -0.147. The van der Waals surface area contributed by atoms with E-state index in [1.165, 1.54) is 12.1 Å². The summed E-state index contributed by atoms with van der Waals surface area (Å²) in [4.78, 5) is 10.9. The molecule has 1 aromatic rings.